The standard InChI is InChI=1S/C17H20N2O5S/c1-18(14-4-6-15(7-5-14)19(20)21)12-3-13-24-16-8-10-17(11-9-16)25(2,22)23/h4-11H,3,12-13H2,1-2H3. The highest BCUT2D eigenvalue weighted by molar-refractivity contribution is 7.90. The molecule has 0 fully saturated rings. The van der Waals surface area contributed by atoms with E-state index in [1.165, 1.54) is 24.3 Å². The van der Waals surface area contributed by atoms with E-state index in [1.807, 2.05) is 11.9 Å². The van der Waals surface area contributed by atoms with Crippen LogP contribution in [0.1, 0.15) is 6.42 Å². The summed E-state index contributed by atoms with van der Waals surface area (Å²) in [4.78, 5) is 12.5. The molecule has 2 aromatic rings. The fraction of sp³-hybridized carbons (Fsp3) is 0.294. The highest BCUT2D eigenvalue weighted by Crippen LogP contribution is 2.19. The van der Waals surface area contributed by atoms with E-state index >= 15 is 0 Å². The first-order valence-corrected chi connectivity index (χ1v) is 9.55. The molecule has 0 N–H and O–H groups in total. The van der Waals surface area contributed by atoms with Crippen LogP contribution in [0.4, 0.5) is 11.4 Å². The van der Waals surface area contributed by atoms with Crippen LogP contribution in [0.3, 0.4) is 0 Å². The van der Waals surface area contributed by atoms with Crippen molar-refractivity contribution in [3.63, 3.8) is 0 Å². The Morgan fingerprint density at radius 3 is 2.20 bits per heavy atom. The highest BCUT2D eigenvalue weighted by atomic mass is 32.2. The molecule has 134 valence electrons. The predicted molar refractivity (Wildman–Crippen MR) is 96.0 cm³/mol. The van der Waals surface area contributed by atoms with Crippen LogP contribution < -0.4 is 9.64 Å². The number of hydrogen-bond acceptors (Lipinski definition) is 6. The van der Waals surface area contributed by atoms with Crippen LogP contribution in [0.5, 0.6) is 5.75 Å². The lowest BCUT2D eigenvalue weighted by Crippen LogP contribution is -2.20. The molecule has 0 radical (unpaired) electrons. The van der Waals surface area contributed by atoms with Crippen molar-refractivity contribution in [1.29, 1.82) is 0 Å². The van der Waals surface area contributed by atoms with Crippen molar-refractivity contribution in [2.24, 2.45) is 0 Å². The summed E-state index contributed by atoms with van der Waals surface area (Å²) in [7, 11) is -1.29. The molecular weight excluding hydrogens is 344 g/mol. The molecule has 0 aliphatic rings. The van der Waals surface area contributed by atoms with Crippen LogP contribution in [0, 0.1) is 10.1 Å². The zero-order valence-corrected chi connectivity index (χ0v) is 14.9. The second kappa shape index (κ2) is 7.98. The highest BCUT2D eigenvalue weighted by Gasteiger charge is 2.08. The van der Waals surface area contributed by atoms with Gasteiger partial charge in [0.05, 0.1) is 16.4 Å². The minimum absolute atomic E-state index is 0.0676. The zero-order valence-electron chi connectivity index (χ0n) is 14.1. The number of anilines is 1. The summed E-state index contributed by atoms with van der Waals surface area (Å²) >= 11 is 0. The molecule has 2 rings (SSSR count). The maximum Gasteiger partial charge on any atom is 0.269 e. The van der Waals surface area contributed by atoms with E-state index in [2.05, 4.69) is 0 Å². The Bertz CT molecular complexity index is 817. The number of nitro benzene ring substituents is 1. The Hall–Kier alpha value is -2.61. The lowest BCUT2D eigenvalue weighted by molar-refractivity contribution is -0.384. The minimum atomic E-state index is -3.20. The summed E-state index contributed by atoms with van der Waals surface area (Å²) < 4.78 is 28.4. The number of rotatable bonds is 8. The monoisotopic (exact) mass is 364 g/mol. The van der Waals surface area contributed by atoms with Crippen LogP contribution in [0.25, 0.3) is 0 Å². The lowest BCUT2D eigenvalue weighted by Gasteiger charge is -2.19. The smallest absolute Gasteiger partial charge is 0.269 e. The van der Waals surface area contributed by atoms with Crippen molar-refractivity contribution >= 4 is 21.2 Å². The van der Waals surface area contributed by atoms with Gasteiger partial charge in [-0.2, -0.15) is 0 Å². The second-order valence-corrected chi connectivity index (χ2v) is 7.66. The van der Waals surface area contributed by atoms with E-state index in [0.717, 1.165) is 24.9 Å². The van der Waals surface area contributed by atoms with Gasteiger partial charge < -0.3 is 9.64 Å². The maximum absolute atomic E-state index is 11.4. The number of nitro groups is 1. The van der Waals surface area contributed by atoms with Gasteiger partial charge in [-0.25, -0.2) is 8.42 Å². The van der Waals surface area contributed by atoms with E-state index in [1.54, 1.807) is 24.3 Å². The average molecular weight is 364 g/mol. The molecule has 0 spiro atoms. The van der Waals surface area contributed by atoms with Gasteiger partial charge in [0.15, 0.2) is 9.84 Å². The molecule has 0 heterocycles. The number of sulfone groups is 1. The van der Waals surface area contributed by atoms with Crippen LogP contribution in [-0.4, -0.2) is 39.8 Å². The molecule has 7 nitrogen and oxygen atoms in total. The van der Waals surface area contributed by atoms with Gasteiger partial charge in [0, 0.05) is 37.7 Å². The molecule has 0 saturated carbocycles. The van der Waals surface area contributed by atoms with Crippen LogP contribution in [-0.2, 0) is 9.84 Å². The fourth-order valence-corrected chi connectivity index (χ4v) is 2.86. The van der Waals surface area contributed by atoms with Gasteiger partial charge >= 0.3 is 0 Å². The van der Waals surface area contributed by atoms with Crippen LogP contribution in [0.15, 0.2) is 53.4 Å². The van der Waals surface area contributed by atoms with E-state index in [9.17, 15) is 18.5 Å². The lowest BCUT2D eigenvalue weighted by atomic mass is 10.2. The molecule has 0 bridgehead atoms. The molecule has 0 saturated heterocycles. The van der Waals surface area contributed by atoms with Crippen molar-refractivity contribution in [3.8, 4) is 5.75 Å². The first kappa shape index (κ1) is 18.7. The Morgan fingerprint density at radius 1 is 1.08 bits per heavy atom. The van der Waals surface area contributed by atoms with Crippen molar-refractivity contribution < 1.29 is 18.1 Å². The zero-order chi connectivity index (χ0) is 18.4. The molecule has 2 aromatic carbocycles. The van der Waals surface area contributed by atoms with Gasteiger partial charge in [0.1, 0.15) is 5.75 Å². The molecule has 0 aromatic heterocycles. The topological polar surface area (TPSA) is 89.8 Å². The van der Waals surface area contributed by atoms with E-state index in [0.29, 0.717) is 12.4 Å². The van der Waals surface area contributed by atoms with Crippen molar-refractivity contribution in [2.45, 2.75) is 11.3 Å². The van der Waals surface area contributed by atoms with Gasteiger partial charge in [-0.05, 0) is 42.8 Å². The number of ether oxygens (including phenoxy) is 1. The van der Waals surface area contributed by atoms with E-state index in [4.69, 9.17) is 4.74 Å². The first-order valence-electron chi connectivity index (χ1n) is 7.66. The first-order chi connectivity index (χ1) is 11.8. The quantitative estimate of drug-likeness (QED) is 0.406. The fourth-order valence-electron chi connectivity index (χ4n) is 2.23. The van der Waals surface area contributed by atoms with E-state index in [-0.39, 0.29) is 10.6 Å². The second-order valence-electron chi connectivity index (χ2n) is 5.64. The van der Waals surface area contributed by atoms with Crippen LogP contribution in [0.2, 0.25) is 0 Å². The summed E-state index contributed by atoms with van der Waals surface area (Å²) in [6.45, 7) is 1.20. The number of non-ortho nitro benzene ring substituents is 1. The van der Waals surface area contributed by atoms with Crippen molar-refractivity contribution in [3.05, 3.63) is 58.6 Å². The number of benzene rings is 2. The van der Waals surface area contributed by atoms with Gasteiger partial charge in [0.25, 0.3) is 5.69 Å². The molecular formula is C17H20N2O5S. The Labute approximate surface area is 146 Å². The predicted octanol–water partition coefficient (Wildman–Crippen LogP) is 2.90. The molecule has 0 aliphatic carbocycles. The molecule has 0 unspecified atom stereocenters. The average Bonchev–Trinajstić information content (AvgIpc) is 2.58. The summed E-state index contributed by atoms with van der Waals surface area (Å²) in [5.74, 6) is 0.616. The SMILES string of the molecule is CN(CCCOc1ccc(S(C)(=O)=O)cc1)c1ccc([N+](=O)[O-])cc1. The third-order valence-electron chi connectivity index (χ3n) is 3.66. The minimum Gasteiger partial charge on any atom is -0.494 e. The Morgan fingerprint density at radius 2 is 1.68 bits per heavy atom. The van der Waals surface area contributed by atoms with Gasteiger partial charge in [-0.1, -0.05) is 0 Å². The van der Waals surface area contributed by atoms with Crippen molar-refractivity contribution in [1.82, 2.24) is 0 Å². The molecule has 0 amide bonds. The molecule has 8 heteroatoms. The van der Waals surface area contributed by atoms with Gasteiger partial charge in [-0.3, -0.25) is 10.1 Å². The summed E-state index contributed by atoms with van der Waals surface area (Å²) in [6, 6.07) is 12.7. The van der Waals surface area contributed by atoms with Gasteiger partial charge in [0.2, 0.25) is 0 Å². The Balaban J connectivity index is 1.79. The number of nitrogens with zero attached hydrogens (tertiary/aromatic N) is 2. The van der Waals surface area contributed by atoms with Crippen LogP contribution >= 0.6 is 0 Å². The summed E-state index contributed by atoms with van der Waals surface area (Å²) in [6.07, 6.45) is 1.91. The van der Waals surface area contributed by atoms with Crippen molar-refractivity contribution in [2.75, 3.05) is 31.4 Å². The third-order valence-corrected chi connectivity index (χ3v) is 4.79. The largest absolute Gasteiger partial charge is 0.494 e. The third kappa shape index (κ3) is 5.46. The molecule has 25 heavy (non-hydrogen) atoms. The molecule has 0 aliphatic heterocycles. The normalized spacial score (nSPS) is 11.1. The van der Waals surface area contributed by atoms with E-state index < -0.39 is 14.8 Å². The summed E-state index contributed by atoms with van der Waals surface area (Å²) in [5, 5.41) is 10.6. The maximum atomic E-state index is 11.4. The molecule has 0 atom stereocenters. The Kier molecular flexibility index (Phi) is 5.97. The summed E-state index contributed by atoms with van der Waals surface area (Å²) in [5.41, 5.74) is 0.959. The van der Waals surface area contributed by atoms with Gasteiger partial charge in [-0.15, -0.1) is 0 Å². The number of hydrogen-bond donors (Lipinski definition) is 0.